The van der Waals surface area contributed by atoms with E-state index in [0.29, 0.717) is 0 Å². The predicted molar refractivity (Wildman–Crippen MR) is 59.4 cm³/mol. The average Bonchev–Trinajstić information content (AvgIpc) is 2.20. The van der Waals surface area contributed by atoms with Gasteiger partial charge in [0.2, 0.25) is 0 Å². The zero-order chi connectivity index (χ0) is 13.2. The summed E-state index contributed by atoms with van der Waals surface area (Å²) in [5.74, 6) is -2.29. The Morgan fingerprint density at radius 3 is 2.41 bits per heavy atom. The van der Waals surface area contributed by atoms with Gasteiger partial charge in [0.15, 0.2) is 11.6 Å². The van der Waals surface area contributed by atoms with Crippen LogP contribution in [0.15, 0.2) is 12.1 Å². The van der Waals surface area contributed by atoms with E-state index in [1.165, 1.54) is 13.8 Å². The molecule has 0 saturated carbocycles. The number of nitrogens with one attached hydrogen (secondary N) is 1. The number of rotatable bonds is 4. The van der Waals surface area contributed by atoms with Crippen LogP contribution in [0.3, 0.4) is 0 Å². The van der Waals surface area contributed by atoms with Gasteiger partial charge in [0.25, 0.3) is 0 Å². The molecule has 2 N–H and O–H groups in total. The number of alkyl halides is 1. The van der Waals surface area contributed by atoms with Gasteiger partial charge in [0.05, 0.1) is 6.10 Å². The summed E-state index contributed by atoms with van der Waals surface area (Å²) < 4.78 is 40.4. The first kappa shape index (κ1) is 14.0. The minimum absolute atomic E-state index is 0.00144. The summed E-state index contributed by atoms with van der Waals surface area (Å²) in [4.78, 5) is 0. The third-order valence-corrected chi connectivity index (χ3v) is 2.50. The van der Waals surface area contributed by atoms with Crippen LogP contribution in [0.2, 0.25) is 0 Å². The van der Waals surface area contributed by atoms with E-state index in [0.717, 1.165) is 12.1 Å². The Morgan fingerprint density at radius 1 is 1.35 bits per heavy atom. The Kier molecular flexibility index (Phi) is 4.16. The first-order valence-electron chi connectivity index (χ1n) is 5.28. The van der Waals surface area contributed by atoms with Gasteiger partial charge in [0, 0.05) is 12.1 Å². The Balaban J connectivity index is 3.25. The largest absolute Gasteiger partial charge is 0.387 e. The maximum atomic E-state index is 13.7. The van der Waals surface area contributed by atoms with Crippen LogP contribution in [0.1, 0.15) is 31.1 Å². The Morgan fingerprint density at radius 2 is 1.94 bits per heavy atom. The molecule has 1 unspecified atom stereocenters. The van der Waals surface area contributed by atoms with Crippen molar-refractivity contribution in [3.8, 4) is 0 Å². The van der Waals surface area contributed by atoms with Crippen molar-refractivity contribution in [3.63, 3.8) is 0 Å². The van der Waals surface area contributed by atoms with Crippen molar-refractivity contribution >= 4 is 0 Å². The summed E-state index contributed by atoms with van der Waals surface area (Å²) in [5.41, 5.74) is -2.02. The quantitative estimate of drug-likeness (QED) is 0.856. The summed E-state index contributed by atoms with van der Waals surface area (Å²) in [6.45, 7) is 2.55. The number of hydrogen-bond donors (Lipinski definition) is 2. The molecule has 0 amide bonds. The van der Waals surface area contributed by atoms with E-state index >= 15 is 0 Å². The van der Waals surface area contributed by atoms with Crippen LogP contribution in [0.4, 0.5) is 13.2 Å². The maximum absolute atomic E-state index is 13.7. The Bertz CT molecular complexity index is 401. The standard InChI is InChI=1S/C12H16F3NO/c1-12(2,15)7-4-8(10(17)6-16-3)11(14)9(13)5-7/h4-5,10,16-17H,6H2,1-3H3. The van der Waals surface area contributed by atoms with Gasteiger partial charge in [0.1, 0.15) is 5.67 Å². The van der Waals surface area contributed by atoms with Gasteiger partial charge in [-0.3, -0.25) is 0 Å². The number of hydrogen-bond acceptors (Lipinski definition) is 2. The Labute approximate surface area is 98.5 Å². The smallest absolute Gasteiger partial charge is 0.164 e. The fourth-order valence-corrected chi connectivity index (χ4v) is 1.50. The minimum atomic E-state index is -1.79. The van der Waals surface area contributed by atoms with Crippen LogP contribution < -0.4 is 5.32 Å². The molecule has 5 heteroatoms. The number of benzene rings is 1. The molecule has 0 saturated heterocycles. The highest BCUT2D eigenvalue weighted by atomic mass is 19.2. The molecule has 1 aromatic rings. The van der Waals surface area contributed by atoms with Crippen molar-refractivity contribution in [3.05, 3.63) is 34.9 Å². The SMILES string of the molecule is CNCC(O)c1cc(C(C)(C)F)cc(F)c1F. The van der Waals surface area contributed by atoms with Crippen molar-refractivity contribution in [2.75, 3.05) is 13.6 Å². The van der Waals surface area contributed by atoms with Gasteiger partial charge in [-0.1, -0.05) is 0 Å². The number of likely N-dealkylation sites (N-methyl/N-ethyl adjacent to an activating group) is 1. The lowest BCUT2D eigenvalue weighted by atomic mass is 9.95. The van der Waals surface area contributed by atoms with E-state index in [4.69, 9.17) is 0 Å². The molecule has 0 spiro atoms. The molecule has 0 heterocycles. The highest BCUT2D eigenvalue weighted by Crippen LogP contribution is 2.30. The van der Waals surface area contributed by atoms with Crippen LogP contribution in [0.25, 0.3) is 0 Å². The topological polar surface area (TPSA) is 32.3 Å². The molecule has 0 radical (unpaired) electrons. The first-order chi connectivity index (χ1) is 7.77. The highest BCUT2D eigenvalue weighted by molar-refractivity contribution is 5.31. The molecule has 0 fully saturated rings. The Hall–Kier alpha value is -1.07. The molecule has 0 aliphatic heterocycles. The monoisotopic (exact) mass is 247 g/mol. The minimum Gasteiger partial charge on any atom is -0.387 e. The van der Waals surface area contributed by atoms with E-state index in [1.807, 2.05) is 0 Å². The summed E-state index contributed by atoms with van der Waals surface area (Å²) in [6, 6.07) is 1.96. The second-order valence-electron chi connectivity index (χ2n) is 4.41. The van der Waals surface area contributed by atoms with Gasteiger partial charge in [-0.2, -0.15) is 0 Å². The van der Waals surface area contributed by atoms with E-state index in [1.54, 1.807) is 7.05 Å². The summed E-state index contributed by atoms with van der Waals surface area (Å²) in [6.07, 6.45) is -1.21. The highest BCUT2D eigenvalue weighted by Gasteiger charge is 2.24. The lowest BCUT2D eigenvalue weighted by Crippen LogP contribution is -2.19. The molecule has 0 aliphatic rings. The van der Waals surface area contributed by atoms with Crippen LogP contribution in [0.5, 0.6) is 0 Å². The molecule has 1 aromatic carbocycles. The van der Waals surface area contributed by atoms with Gasteiger partial charge < -0.3 is 10.4 Å². The zero-order valence-corrected chi connectivity index (χ0v) is 10.0. The summed E-state index contributed by atoms with van der Waals surface area (Å²) in [5, 5.41) is 12.3. The van der Waals surface area contributed by atoms with Crippen molar-refractivity contribution in [1.29, 1.82) is 0 Å². The molecule has 96 valence electrons. The maximum Gasteiger partial charge on any atom is 0.164 e. The fraction of sp³-hybridized carbons (Fsp3) is 0.500. The lowest BCUT2D eigenvalue weighted by molar-refractivity contribution is 0.170. The fourth-order valence-electron chi connectivity index (χ4n) is 1.50. The molecule has 1 atom stereocenters. The van der Waals surface area contributed by atoms with Gasteiger partial charge >= 0.3 is 0 Å². The van der Waals surface area contributed by atoms with Gasteiger partial charge in [-0.25, -0.2) is 13.2 Å². The number of halogens is 3. The van der Waals surface area contributed by atoms with Gasteiger partial charge in [-0.15, -0.1) is 0 Å². The van der Waals surface area contributed by atoms with Crippen LogP contribution in [-0.2, 0) is 5.67 Å². The van der Waals surface area contributed by atoms with Crippen molar-refractivity contribution in [1.82, 2.24) is 5.32 Å². The molecule has 0 aliphatic carbocycles. The number of aliphatic hydroxyl groups excluding tert-OH is 1. The normalized spacial score (nSPS) is 13.8. The van der Waals surface area contributed by atoms with Crippen molar-refractivity contribution < 1.29 is 18.3 Å². The molecule has 17 heavy (non-hydrogen) atoms. The average molecular weight is 247 g/mol. The molecular weight excluding hydrogens is 231 g/mol. The molecule has 0 aromatic heterocycles. The van der Waals surface area contributed by atoms with E-state index in [9.17, 15) is 18.3 Å². The molecular formula is C12H16F3NO. The van der Waals surface area contributed by atoms with E-state index < -0.39 is 23.4 Å². The van der Waals surface area contributed by atoms with Gasteiger partial charge in [-0.05, 0) is 38.6 Å². The van der Waals surface area contributed by atoms with E-state index in [-0.39, 0.29) is 17.7 Å². The summed E-state index contributed by atoms with van der Waals surface area (Å²) in [7, 11) is 1.57. The van der Waals surface area contributed by atoms with Crippen molar-refractivity contribution in [2.45, 2.75) is 25.6 Å². The second-order valence-corrected chi connectivity index (χ2v) is 4.41. The molecule has 1 rings (SSSR count). The van der Waals surface area contributed by atoms with Crippen LogP contribution >= 0.6 is 0 Å². The van der Waals surface area contributed by atoms with Crippen LogP contribution in [-0.4, -0.2) is 18.7 Å². The molecule has 2 nitrogen and oxygen atoms in total. The number of aliphatic hydroxyl groups is 1. The van der Waals surface area contributed by atoms with Crippen molar-refractivity contribution in [2.24, 2.45) is 0 Å². The molecule has 0 bridgehead atoms. The third kappa shape index (κ3) is 3.20. The summed E-state index contributed by atoms with van der Waals surface area (Å²) >= 11 is 0. The van der Waals surface area contributed by atoms with E-state index in [2.05, 4.69) is 5.32 Å². The lowest BCUT2D eigenvalue weighted by Gasteiger charge is -2.19. The zero-order valence-electron chi connectivity index (χ0n) is 10.0. The second kappa shape index (κ2) is 5.06. The van der Waals surface area contributed by atoms with Crippen LogP contribution in [0, 0.1) is 11.6 Å². The first-order valence-corrected chi connectivity index (χ1v) is 5.28. The third-order valence-electron chi connectivity index (χ3n) is 2.50. The predicted octanol–water partition coefficient (Wildman–Crippen LogP) is 2.42.